The average molecular weight is 530 g/mol. The van der Waals surface area contributed by atoms with E-state index in [1.807, 2.05) is 67.3 Å². The van der Waals surface area contributed by atoms with Gasteiger partial charge in [-0.25, -0.2) is 0 Å². The van der Waals surface area contributed by atoms with Gasteiger partial charge in [0, 0.05) is 50.9 Å². The molecule has 0 radical (unpaired) electrons. The van der Waals surface area contributed by atoms with Crippen molar-refractivity contribution in [3.05, 3.63) is 95.1 Å². The van der Waals surface area contributed by atoms with E-state index in [0.717, 1.165) is 62.6 Å². The standard InChI is InChI=1S/C19H23NO2.C12H18N2O.C2H2/c1-4-20(5-2)19(21)17-10-6-8-15(13-17)12-16-9-7-11-18(14-16)22-3;1-10-8-14(6-5-13-10)9-11-3-2-4-12(15)7-11;1-2/h6-11,13-14H,4-5,12H2,1-3H3;2-4,7,10,13,15H,5-6,8-9H2,1H3;1-2H/t;10-;/m.0./s1. The van der Waals surface area contributed by atoms with Gasteiger partial charge < -0.3 is 20.1 Å². The van der Waals surface area contributed by atoms with Crippen LogP contribution in [0, 0.1) is 12.8 Å². The summed E-state index contributed by atoms with van der Waals surface area (Å²) in [6.07, 6.45) is 8.79. The highest BCUT2D eigenvalue weighted by Crippen LogP contribution is 2.18. The Balaban J connectivity index is 0.000000273. The van der Waals surface area contributed by atoms with Crippen LogP contribution in [0.4, 0.5) is 0 Å². The molecule has 0 unspecified atom stereocenters. The number of phenols is 1. The Kier molecular flexibility index (Phi) is 13.6. The molecule has 1 aliphatic heterocycles. The van der Waals surface area contributed by atoms with Crippen molar-refractivity contribution < 1.29 is 14.6 Å². The number of carbonyl (C=O) groups excluding carboxylic acids is 1. The second-order valence-electron chi connectivity index (χ2n) is 9.47. The minimum absolute atomic E-state index is 0.0949. The van der Waals surface area contributed by atoms with Gasteiger partial charge in [-0.05, 0) is 80.3 Å². The lowest BCUT2D eigenvalue weighted by atomic mass is 10.0. The highest BCUT2D eigenvalue weighted by Gasteiger charge is 2.15. The number of ether oxygens (including phenoxy) is 1. The van der Waals surface area contributed by atoms with Gasteiger partial charge in [0.25, 0.3) is 5.91 Å². The summed E-state index contributed by atoms with van der Waals surface area (Å²) < 4.78 is 5.25. The van der Waals surface area contributed by atoms with Crippen LogP contribution < -0.4 is 10.1 Å². The summed E-state index contributed by atoms with van der Waals surface area (Å²) in [5, 5.41) is 12.8. The maximum atomic E-state index is 12.4. The topological polar surface area (TPSA) is 65.0 Å². The van der Waals surface area contributed by atoms with Crippen molar-refractivity contribution in [2.24, 2.45) is 0 Å². The van der Waals surface area contributed by atoms with Crippen LogP contribution >= 0.6 is 0 Å². The Labute approximate surface area is 234 Å². The van der Waals surface area contributed by atoms with Crippen molar-refractivity contribution in [3.63, 3.8) is 0 Å². The monoisotopic (exact) mass is 529 g/mol. The van der Waals surface area contributed by atoms with Crippen LogP contribution in [-0.2, 0) is 13.0 Å². The highest BCUT2D eigenvalue weighted by atomic mass is 16.5. The van der Waals surface area contributed by atoms with Crippen LogP contribution in [0.1, 0.15) is 47.8 Å². The molecule has 3 aromatic carbocycles. The first-order valence-electron chi connectivity index (χ1n) is 13.5. The normalized spacial score (nSPS) is 14.7. The Bertz CT molecular complexity index is 1170. The molecular weight excluding hydrogens is 486 g/mol. The Morgan fingerprint density at radius 1 is 1.00 bits per heavy atom. The first kappa shape index (κ1) is 31.4. The van der Waals surface area contributed by atoms with Gasteiger partial charge in [-0.3, -0.25) is 9.69 Å². The summed E-state index contributed by atoms with van der Waals surface area (Å²) in [6, 6.07) is 24.0. The minimum Gasteiger partial charge on any atom is -0.508 e. The van der Waals surface area contributed by atoms with E-state index >= 15 is 0 Å². The summed E-state index contributed by atoms with van der Waals surface area (Å²) in [5.41, 5.74) is 4.24. The van der Waals surface area contributed by atoms with Crippen molar-refractivity contribution in [1.29, 1.82) is 0 Å². The number of aromatic hydroxyl groups is 1. The first-order valence-corrected chi connectivity index (χ1v) is 13.5. The third-order valence-electron chi connectivity index (χ3n) is 6.54. The van der Waals surface area contributed by atoms with Gasteiger partial charge in [0.15, 0.2) is 0 Å². The number of carbonyl (C=O) groups is 1. The number of methoxy groups -OCH3 is 1. The van der Waals surface area contributed by atoms with Gasteiger partial charge in [-0.15, -0.1) is 12.8 Å². The quantitative estimate of drug-likeness (QED) is 0.393. The number of nitrogens with zero attached hydrogens (tertiary/aromatic N) is 2. The number of hydrogen-bond donors (Lipinski definition) is 2. The summed E-state index contributed by atoms with van der Waals surface area (Å²) >= 11 is 0. The SMILES string of the molecule is C#C.CCN(CC)C(=O)c1cccc(Cc2cccc(OC)c2)c1.C[C@H]1CN(Cc2cccc(O)c2)CCN1. The van der Waals surface area contributed by atoms with Crippen LogP contribution in [0.5, 0.6) is 11.5 Å². The van der Waals surface area contributed by atoms with Gasteiger partial charge >= 0.3 is 0 Å². The molecule has 0 aliphatic carbocycles. The molecule has 1 heterocycles. The highest BCUT2D eigenvalue weighted by molar-refractivity contribution is 5.94. The van der Waals surface area contributed by atoms with E-state index in [1.54, 1.807) is 13.2 Å². The maximum Gasteiger partial charge on any atom is 0.253 e. The predicted octanol–water partition coefficient (Wildman–Crippen LogP) is 5.20. The summed E-state index contributed by atoms with van der Waals surface area (Å²) in [4.78, 5) is 16.7. The van der Waals surface area contributed by atoms with Gasteiger partial charge in [-0.2, -0.15) is 0 Å². The van der Waals surface area contributed by atoms with Gasteiger partial charge in [0.05, 0.1) is 7.11 Å². The molecule has 39 heavy (non-hydrogen) atoms. The lowest BCUT2D eigenvalue weighted by Crippen LogP contribution is -2.48. The summed E-state index contributed by atoms with van der Waals surface area (Å²) in [6.45, 7) is 11.8. The van der Waals surface area contributed by atoms with E-state index in [4.69, 9.17) is 4.74 Å². The second-order valence-corrected chi connectivity index (χ2v) is 9.47. The van der Waals surface area contributed by atoms with E-state index in [0.29, 0.717) is 11.8 Å². The molecule has 1 aliphatic rings. The van der Waals surface area contributed by atoms with E-state index in [1.165, 1.54) is 11.1 Å². The zero-order chi connectivity index (χ0) is 28.6. The molecule has 1 saturated heterocycles. The van der Waals surface area contributed by atoms with Crippen LogP contribution in [0.15, 0.2) is 72.8 Å². The summed E-state index contributed by atoms with van der Waals surface area (Å²) in [5.74, 6) is 1.31. The molecule has 1 atom stereocenters. The summed E-state index contributed by atoms with van der Waals surface area (Å²) in [7, 11) is 1.67. The third-order valence-corrected chi connectivity index (χ3v) is 6.54. The molecule has 3 aromatic rings. The van der Waals surface area contributed by atoms with E-state index in [9.17, 15) is 9.90 Å². The van der Waals surface area contributed by atoms with Crippen LogP contribution in [0.25, 0.3) is 0 Å². The number of terminal acetylenes is 1. The van der Waals surface area contributed by atoms with Crippen molar-refractivity contribution in [3.8, 4) is 24.3 Å². The first-order chi connectivity index (χ1) is 18.9. The molecule has 4 rings (SSSR count). The van der Waals surface area contributed by atoms with Crippen LogP contribution in [0.3, 0.4) is 0 Å². The van der Waals surface area contributed by atoms with Crippen molar-refractivity contribution >= 4 is 5.91 Å². The Morgan fingerprint density at radius 2 is 1.64 bits per heavy atom. The molecule has 1 amide bonds. The molecule has 208 valence electrons. The fourth-order valence-corrected chi connectivity index (χ4v) is 4.59. The van der Waals surface area contributed by atoms with Crippen molar-refractivity contribution in [1.82, 2.24) is 15.1 Å². The Morgan fingerprint density at radius 3 is 2.28 bits per heavy atom. The number of phenolic OH excluding ortho intramolecular Hbond substituents is 1. The van der Waals surface area contributed by atoms with Crippen LogP contribution in [0.2, 0.25) is 0 Å². The fraction of sp³-hybridized carbons (Fsp3) is 0.364. The minimum atomic E-state index is 0.0949. The van der Waals surface area contributed by atoms with Gasteiger partial charge in [0.1, 0.15) is 11.5 Å². The molecular formula is C33H43N3O3. The van der Waals surface area contributed by atoms with E-state index in [2.05, 4.69) is 48.2 Å². The van der Waals surface area contributed by atoms with Crippen molar-refractivity contribution in [2.45, 2.75) is 39.8 Å². The second kappa shape index (κ2) is 16.9. The molecule has 6 nitrogen and oxygen atoms in total. The fourth-order valence-electron chi connectivity index (χ4n) is 4.59. The molecule has 0 aromatic heterocycles. The molecule has 0 saturated carbocycles. The predicted molar refractivity (Wildman–Crippen MR) is 160 cm³/mol. The van der Waals surface area contributed by atoms with E-state index < -0.39 is 0 Å². The molecule has 0 bridgehead atoms. The van der Waals surface area contributed by atoms with Crippen LogP contribution in [-0.4, -0.2) is 66.7 Å². The zero-order valence-electron chi connectivity index (χ0n) is 23.8. The smallest absolute Gasteiger partial charge is 0.253 e. The zero-order valence-corrected chi connectivity index (χ0v) is 23.8. The third kappa shape index (κ3) is 10.5. The number of piperazine rings is 1. The average Bonchev–Trinajstić information content (AvgIpc) is 2.95. The Hall–Kier alpha value is -3.79. The number of amides is 1. The number of hydrogen-bond acceptors (Lipinski definition) is 5. The molecule has 1 fully saturated rings. The lowest BCUT2D eigenvalue weighted by molar-refractivity contribution is 0.0773. The molecule has 2 N–H and O–H groups in total. The van der Waals surface area contributed by atoms with Crippen molar-refractivity contribution in [2.75, 3.05) is 39.8 Å². The number of rotatable bonds is 8. The van der Waals surface area contributed by atoms with Gasteiger partial charge in [0.2, 0.25) is 0 Å². The number of nitrogens with one attached hydrogen (secondary N) is 1. The molecule has 0 spiro atoms. The largest absolute Gasteiger partial charge is 0.508 e. The molecule has 6 heteroatoms. The van der Waals surface area contributed by atoms with Gasteiger partial charge in [-0.1, -0.05) is 36.4 Å². The lowest BCUT2D eigenvalue weighted by Gasteiger charge is -2.31. The van der Waals surface area contributed by atoms with E-state index in [-0.39, 0.29) is 5.91 Å². The number of benzene rings is 3. The maximum absolute atomic E-state index is 12.4.